The first-order chi connectivity index (χ1) is 11.7. The Hall–Kier alpha value is -2.27. The lowest BCUT2D eigenvalue weighted by molar-refractivity contribution is -0.140. The number of carbonyl (C=O) groups is 2. The highest BCUT2D eigenvalue weighted by Crippen LogP contribution is 2.35. The highest BCUT2D eigenvalue weighted by Gasteiger charge is 2.47. The summed E-state index contributed by atoms with van der Waals surface area (Å²) in [5.41, 5.74) is 2.02. The standard InChI is InChI=1S/C19H18N2O2S/c22-18-15-8-4-5-9-16(15)19(23)21(18)11-14-12-24-17(20-14)10-13-6-2-1-3-7-13/h1-7,12,15-16H,8-11H2/t15-,16+. The van der Waals surface area contributed by atoms with Crippen LogP contribution in [0.5, 0.6) is 0 Å². The van der Waals surface area contributed by atoms with Crippen LogP contribution in [0, 0.1) is 11.8 Å². The second kappa shape index (κ2) is 6.32. The van der Waals surface area contributed by atoms with Gasteiger partial charge < -0.3 is 0 Å². The molecule has 1 aliphatic heterocycles. The number of nitrogens with zero attached hydrogens (tertiary/aromatic N) is 2. The van der Waals surface area contributed by atoms with Crippen LogP contribution in [-0.2, 0) is 22.6 Å². The number of amides is 2. The number of thiazole rings is 1. The van der Waals surface area contributed by atoms with Gasteiger partial charge in [-0.05, 0) is 18.4 Å². The molecule has 1 aliphatic carbocycles. The quantitative estimate of drug-likeness (QED) is 0.635. The number of rotatable bonds is 4. The number of fused-ring (bicyclic) bond motifs is 1. The average molecular weight is 338 g/mol. The lowest BCUT2D eigenvalue weighted by atomic mass is 9.85. The molecule has 0 saturated carbocycles. The van der Waals surface area contributed by atoms with Crippen molar-refractivity contribution in [1.29, 1.82) is 0 Å². The maximum absolute atomic E-state index is 12.5. The van der Waals surface area contributed by atoms with Crippen LogP contribution < -0.4 is 0 Å². The predicted octanol–water partition coefficient (Wildman–Crippen LogP) is 3.19. The third-order valence-corrected chi connectivity index (χ3v) is 5.61. The Morgan fingerprint density at radius 2 is 1.71 bits per heavy atom. The molecule has 1 aromatic heterocycles. The van der Waals surface area contributed by atoms with Crippen molar-refractivity contribution in [3.8, 4) is 0 Å². The molecule has 2 amide bonds. The van der Waals surface area contributed by atoms with E-state index < -0.39 is 0 Å². The van der Waals surface area contributed by atoms with Crippen molar-refractivity contribution in [2.75, 3.05) is 0 Å². The Morgan fingerprint density at radius 1 is 1.04 bits per heavy atom. The molecule has 5 heteroatoms. The molecule has 0 bridgehead atoms. The van der Waals surface area contributed by atoms with Gasteiger partial charge in [0.1, 0.15) is 0 Å². The Bertz CT molecular complexity index is 771. The zero-order valence-electron chi connectivity index (χ0n) is 13.2. The molecule has 2 atom stereocenters. The molecule has 0 spiro atoms. The molecule has 2 aromatic rings. The van der Waals surface area contributed by atoms with Crippen molar-refractivity contribution in [2.45, 2.75) is 25.8 Å². The molecule has 1 aromatic carbocycles. The molecule has 122 valence electrons. The normalized spacial score (nSPS) is 22.9. The van der Waals surface area contributed by atoms with Gasteiger partial charge >= 0.3 is 0 Å². The molecule has 0 unspecified atom stereocenters. The van der Waals surface area contributed by atoms with Gasteiger partial charge in [0.25, 0.3) is 0 Å². The minimum Gasteiger partial charge on any atom is -0.276 e. The van der Waals surface area contributed by atoms with E-state index in [9.17, 15) is 9.59 Å². The van der Waals surface area contributed by atoms with Gasteiger partial charge in [-0.15, -0.1) is 11.3 Å². The van der Waals surface area contributed by atoms with Gasteiger partial charge in [0, 0.05) is 11.8 Å². The van der Waals surface area contributed by atoms with Crippen LogP contribution in [0.2, 0.25) is 0 Å². The lowest BCUT2D eigenvalue weighted by Gasteiger charge is -2.14. The summed E-state index contributed by atoms with van der Waals surface area (Å²) in [4.78, 5) is 31.0. The van der Waals surface area contributed by atoms with Gasteiger partial charge in [0.05, 0.1) is 29.1 Å². The van der Waals surface area contributed by atoms with Crippen LogP contribution >= 0.6 is 11.3 Å². The second-order valence-electron chi connectivity index (χ2n) is 6.31. The molecule has 24 heavy (non-hydrogen) atoms. The van der Waals surface area contributed by atoms with Crippen molar-refractivity contribution in [3.05, 3.63) is 64.1 Å². The van der Waals surface area contributed by atoms with E-state index in [4.69, 9.17) is 0 Å². The van der Waals surface area contributed by atoms with E-state index in [0.717, 1.165) is 17.1 Å². The summed E-state index contributed by atoms with van der Waals surface area (Å²) in [6.45, 7) is 0.302. The number of hydrogen-bond donors (Lipinski definition) is 0. The Kier molecular flexibility index (Phi) is 4.02. The van der Waals surface area contributed by atoms with Crippen LogP contribution in [0.25, 0.3) is 0 Å². The summed E-state index contributed by atoms with van der Waals surface area (Å²) in [6, 6.07) is 10.2. The Morgan fingerprint density at radius 3 is 2.38 bits per heavy atom. The van der Waals surface area contributed by atoms with Gasteiger partial charge in [-0.1, -0.05) is 42.5 Å². The first-order valence-corrected chi connectivity index (χ1v) is 9.08. The maximum Gasteiger partial charge on any atom is 0.233 e. The molecule has 2 aliphatic rings. The summed E-state index contributed by atoms with van der Waals surface area (Å²) in [5, 5.41) is 2.97. The molecule has 1 fully saturated rings. The van der Waals surface area contributed by atoms with Crippen LogP contribution in [-0.4, -0.2) is 21.7 Å². The van der Waals surface area contributed by atoms with Crippen LogP contribution in [0.4, 0.5) is 0 Å². The van der Waals surface area contributed by atoms with E-state index >= 15 is 0 Å². The molecule has 4 rings (SSSR count). The molecule has 0 N–H and O–H groups in total. The summed E-state index contributed by atoms with van der Waals surface area (Å²) >= 11 is 1.58. The Balaban J connectivity index is 1.46. The number of benzene rings is 1. The molecule has 4 nitrogen and oxygen atoms in total. The van der Waals surface area contributed by atoms with Crippen molar-refractivity contribution < 1.29 is 9.59 Å². The van der Waals surface area contributed by atoms with Crippen molar-refractivity contribution in [3.63, 3.8) is 0 Å². The zero-order valence-corrected chi connectivity index (χ0v) is 14.0. The topological polar surface area (TPSA) is 50.3 Å². The number of allylic oxidation sites excluding steroid dienone is 2. The average Bonchev–Trinajstić information content (AvgIpc) is 3.15. The van der Waals surface area contributed by atoms with Crippen molar-refractivity contribution in [1.82, 2.24) is 9.88 Å². The molecular formula is C19H18N2O2S. The van der Waals surface area contributed by atoms with Gasteiger partial charge in [-0.3, -0.25) is 14.5 Å². The van der Waals surface area contributed by atoms with Gasteiger partial charge in [0.15, 0.2) is 0 Å². The highest BCUT2D eigenvalue weighted by atomic mass is 32.1. The molecule has 1 saturated heterocycles. The molecule has 2 heterocycles. The fraction of sp³-hybridized carbons (Fsp3) is 0.316. The lowest BCUT2D eigenvalue weighted by Crippen LogP contribution is -2.30. The summed E-state index contributed by atoms with van der Waals surface area (Å²) in [5.74, 6) is -0.395. The first kappa shape index (κ1) is 15.3. The summed E-state index contributed by atoms with van der Waals surface area (Å²) < 4.78 is 0. The fourth-order valence-corrected chi connectivity index (χ4v) is 4.28. The smallest absolute Gasteiger partial charge is 0.233 e. The third kappa shape index (κ3) is 2.80. The predicted molar refractivity (Wildman–Crippen MR) is 92.3 cm³/mol. The van der Waals surface area contributed by atoms with Gasteiger partial charge in [0.2, 0.25) is 11.8 Å². The van der Waals surface area contributed by atoms with E-state index in [0.29, 0.717) is 19.4 Å². The number of aromatic nitrogens is 1. The second-order valence-corrected chi connectivity index (χ2v) is 7.26. The summed E-state index contributed by atoms with van der Waals surface area (Å²) in [6.07, 6.45) is 6.17. The van der Waals surface area contributed by atoms with Crippen molar-refractivity contribution >= 4 is 23.2 Å². The maximum atomic E-state index is 12.5. The first-order valence-electron chi connectivity index (χ1n) is 8.20. The number of hydrogen-bond acceptors (Lipinski definition) is 4. The SMILES string of the molecule is O=C1[C@H]2CC=CC[C@H]2C(=O)N1Cc1csc(Cc2ccccc2)n1. The number of carbonyl (C=O) groups excluding carboxylic acids is 2. The largest absolute Gasteiger partial charge is 0.276 e. The Labute approximate surface area is 144 Å². The van der Waals surface area contributed by atoms with Crippen LogP contribution in [0.15, 0.2) is 47.9 Å². The van der Waals surface area contributed by atoms with Gasteiger partial charge in [-0.25, -0.2) is 4.98 Å². The summed E-state index contributed by atoms with van der Waals surface area (Å²) in [7, 11) is 0. The van der Waals surface area contributed by atoms with Crippen LogP contribution in [0.3, 0.4) is 0 Å². The monoisotopic (exact) mass is 338 g/mol. The van der Waals surface area contributed by atoms with E-state index in [1.165, 1.54) is 10.5 Å². The molecule has 0 radical (unpaired) electrons. The molecular weight excluding hydrogens is 320 g/mol. The van der Waals surface area contributed by atoms with E-state index in [1.807, 2.05) is 35.7 Å². The van der Waals surface area contributed by atoms with Gasteiger partial charge in [-0.2, -0.15) is 0 Å². The number of likely N-dealkylation sites (tertiary alicyclic amines) is 1. The van der Waals surface area contributed by atoms with E-state index in [-0.39, 0.29) is 23.7 Å². The highest BCUT2D eigenvalue weighted by molar-refractivity contribution is 7.09. The fourth-order valence-electron chi connectivity index (χ4n) is 3.46. The van der Waals surface area contributed by atoms with Crippen molar-refractivity contribution in [2.24, 2.45) is 11.8 Å². The number of imide groups is 1. The van der Waals surface area contributed by atoms with E-state index in [2.05, 4.69) is 17.1 Å². The minimum absolute atomic E-state index is 0.0352. The van der Waals surface area contributed by atoms with E-state index in [1.54, 1.807) is 11.3 Å². The third-order valence-electron chi connectivity index (χ3n) is 4.72. The van der Waals surface area contributed by atoms with Crippen LogP contribution in [0.1, 0.15) is 29.1 Å². The minimum atomic E-state index is -0.162. The zero-order chi connectivity index (χ0) is 16.5.